The second kappa shape index (κ2) is 19.3. The molecule has 0 aliphatic heterocycles. The van der Waals surface area contributed by atoms with Gasteiger partial charge in [0.15, 0.2) is 11.6 Å². The number of anilines is 3. The van der Waals surface area contributed by atoms with E-state index in [4.69, 9.17) is 0 Å². The van der Waals surface area contributed by atoms with Crippen molar-refractivity contribution in [2.45, 2.75) is 53.1 Å². The average molecular weight is 775 g/mol. The van der Waals surface area contributed by atoms with E-state index < -0.39 is 42.0 Å². The number of Topliss-reactive ketones (excluding diaryl/α,β-unsaturated/α-hetero) is 4. The van der Waals surface area contributed by atoms with Crippen molar-refractivity contribution in [1.29, 1.82) is 0 Å². The fraction of sp³-hybridized carbons (Fsp3) is 0.302. The summed E-state index contributed by atoms with van der Waals surface area (Å²) in [5.74, 6) is 1.48. The molecular formula is C43H43FN6O7. The first-order valence-electron chi connectivity index (χ1n) is 18.5. The highest BCUT2D eigenvalue weighted by molar-refractivity contribution is 6.29. The number of amides is 3. The third-order valence-corrected chi connectivity index (χ3v) is 9.47. The van der Waals surface area contributed by atoms with Crippen LogP contribution in [0.3, 0.4) is 0 Å². The number of aliphatic hydroxyl groups is 1. The normalized spacial score (nSPS) is 13.6. The van der Waals surface area contributed by atoms with Crippen LogP contribution in [0.4, 0.5) is 26.2 Å². The second-order valence-corrected chi connectivity index (χ2v) is 13.9. The molecule has 294 valence electrons. The molecule has 2 heterocycles. The zero-order valence-electron chi connectivity index (χ0n) is 31.8. The standard InChI is InChI=1S/C43H43FN6O7/c1-25(2)36(53)15-14-32(26(3)52)39-40(54)33-10-7-11-34(38(33)41(39)55)46-17-4-5-18-47-42(56)28-9-6-8-27(20-28)12-13-30-21-31(16-19-45-30)49-43(57)50-35-22-37(44)48-23-29(35)24-51/h6-11,16,19-23,25,32,39,46,51H,4-5,14-15,17-18,24H2,1-3H3,(H,47,56)(H2,45,48,49,50,57). The van der Waals surface area contributed by atoms with Crippen molar-refractivity contribution >= 4 is 52.1 Å². The molecule has 57 heavy (non-hydrogen) atoms. The third kappa shape index (κ3) is 10.8. The minimum absolute atomic E-state index is 0.0196. The van der Waals surface area contributed by atoms with Gasteiger partial charge in [0.25, 0.3) is 5.91 Å². The molecule has 5 rings (SSSR count). The number of hydrogen-bond acceptors (Lipinski definition) is 10. The number of carbonyl (C=O) groups is 6. The molecule has 0 saturated carbocycles. The van der Waals surface area contributed by atoms with Gasteiger partial charge in [-0.2, -0.15) is 4.39 Å². The van der Waals surface area contributed by atoms with Crippen LogP contribution < -0.4 is 21.3 Å². The number of fused-ring (bicyclic) bond motifs is 1. The van der Waals surface area contributed by atoms with Gasteiger partial charge in [-0.3, -0.25) is 24.0 Å². The van der Waals surface area contributed by atoms with Crippen LogP contribution in [0.2, 0.25) is 0 Å². The molecule has 1 aliphatic carbocycles. The molecule has 13 nitrogen and oxygen atoms in total. The molecule has 0 spiro atoms. The number of aliphatic hydroxyl groups excluding tert-OH is 1. The maximum Gasteiger partial charge on any atom is 0.323 e. The second-order valence-electron chi connectivity index (χ2n) is 13.9. The summed E-state index contributed by atoms with van der Waals surface area (Å²) >= 11 is 0. The first-order chi connectivity index (χ1) is 27.4. The van der Waals surface area contributed by atoms with E-state index in [0.29, 0.717) is 54.1 Å². The van der Waals surface area contributed by atoms with Crippen molar-refractivity contribution in [1.82, 2.24) is 15.3 Å². The van der Waals surface area contributed by atoms with E-state index in [1.54, 1.807) is 68.4 Å². The molecule has 5 N–H and O–H groups in total. The number of unbranched alkanes of at least 4 members (excludes halogenated alkanes) is 1. The van der Waals surface area contributed by atoms with E-state index in [2.05, 4.69) is 43.1 Å². The topological polar surface area (TPSA) is 197 Å². The van der Waals surface area contributed by atoms with Crippen LogP contribution in [-0.4, -0.2) is 63.2 Å². The van der Waals surface area contributed by atoms with Gasteiger partial charge >= 0.3 is 6.03 Å². The van der Waals surface area contributed by atoms with Crippen LogP contribution in [0.15, 0.2) is 73.1 Å². The Hall–Kier alpha value is -6.59. The van der Waals surface area contributed by atoms with Crippen LogP contribution >= 0.6 is 0 Å². The maximum absolute atomic E-state index is 13.6. The Kier molecular flexibility index (Phi) is 14.1. The predicted molar refractivity (Wildman–Crippen MR) is 211 cm³/mol. The number of pyridine rings is 2. The summed E-state index contributed by atoms with van der Waals surface area (Å²) in [6, 6.07) is 15.2. The van der Waals surface area contributed by atoms with Gasteiger partial charge in [-0.1, -0.05) is 38.0 Å². The lowest BCUT2D eigenvalue weighted by Gasteiger charge is -2.19. The first kappa shape index (κ1) is 41.6. The number of nitrogens with zero attached hydrogens (tertiary/aromatic N) is 2. The average Bonchev–Trinajstić information content (AvgIpc) is 3.44. The summed E-state index contributed by atoms with van der Waals surface area (Å²) in [4.78, 5) is 84.8. The highest BCUT2D eigenvalue weighted by atomic mass is 19.1. The Labute approximate surface area is 329 Å². The zero-order chi connectivity index (χ0) is 41.1. The van der Waals surface area contributed by atoms with Crippen molar-refractivity contribution < 1.29 is 38.3 Å². The lowest BCUT2D eigenvalue weighted by atomic mass is 9.81. The van der Waals surface area contributed by atoms with Crippen molar-refractivity contribution in [2.75, 3.05) is 29.0 Å². The monoisotopic (exact) mass is 774 g/mol. The van der Waals surface area contributed by atoms with Crippen LogP contribution in [0.25, 0.3) is 0 Å². The molecule has 2 aromatic carbocycles. The van der Waals surface area contributed by atoms with Crippen LogP contribution in [-0.2, 0) is 16.2 Å². The zero-order valence-corrected chi connectivity index (χ0v) is 31.8. The van der Waals surface area contributed by atoms with E-state index in [0.717, 1.165) is 12.3 Å². The Morgan fingerprint density at radius 2 is 1.67 bits per heavy atom. The highest BCUT2D eigenvalue weighted by Gasteiger charge is 2.46. The van der Waals surface area contributed by atoms with Gasteiger partial charge in [0, 0.05) is 83.4 Å². The van der Waals surface area contributed by atoms with E-state index in [9.17, 15) is 38.3 Å². The lowest BCUT2D eigenvalue weighted by Crippen LogP contribution is -2.31. The third-order valence-electron chi connectivity index (χ3n) is 9.47. The molecule has 4 aromatic rings. The summed E-state index contributed by atoms with van der Waals surface area (Å²) in [6.45, 7) is 5.31. The van der Waals surface area contributed by atoms with Gasteiger partial charge < -0.3 is 26.4 Å². The van der Waals surface area contributed by atoms with Crippen molar-refractivity contribution in [3.05, 3.63) is 113 Å². The smallest absolute Gasteiger partial charge is 0.323 e. The summed E-state index contributed by atoms with van der Waals surface area (Å²) in [7, 11) is 0. The van der Waals surface area contributed by atoms with E-state index in [-0.39, 0.29) is 58.6 Å². The largest absolute Gasteiger partial charge is 0.392 e. The van der Waals surface area contributed by atoms with Gasteiger partial charge in [-0.25, -0.2) is 14.8 Å². The molecule has 0 bridgehead atoms. The van der Waals surface area contributed by atoms with Crippen molar-refractivity contribution in [3.8, 4) is 11.8 Å². The number of hydrogen-bond donors (Lipinski definition) is 5. The number of ketones is 4. The molecule has 3 amide bonds. The maximum atomic E-state index is 13.6. The summed E-state index contributed by atoms with van der Waals surface area (Å²) in [5.41, 5.74) is 3.05. The number of halogens is 1. The molecule has 2 unspecified atom stereocenters. The predicted octanol–water partition coefficient (Wildman–Crippen LogP) is 5.98. The quantitative estimate of drug-likeness (QED) is 0.0391. The van der Waals surface area contributed by atoms with E-state index in [1.807, 2.05) is 0 Å². The Balaban J connectivity index is 1.10. The van der Waals surface area contributed by atoms with Gasteiger partial charge in [0.05, 0.1) is 23.8 Å². The summed E-state index contributed by atoms with van der Waals surface area (Å²) in [6.07, 6.45) is 4.12. The van der Waals surface area contributed by atoms with Crippen LogP contribution in [0.1, 0.15) is 94.3 Å². The van der Waals surface area contributed by atoms with Crippen molar-refractivity contribution in [3.63, 3.8) is 0 Å². The number of aromatic nitrogens is 2. The van der Waals surface area contributed by atoms with Gasteiger partial charge in [-0.15, -0.1) is 0 Å². The summed E-state index contributed by atoms with van der Waals surface area (Å²) in [5, 5.41) is 20.7. The molecule has 0 radical (unpaired) electrons. The van der Waals surface area contributed by atoms with Gasteiger partial charge in [0.1, 0.15) is 17.3 Å². The molecule has 2 aromatic heterocycles. The first-order valence-corrected chi connectivity index (χ1v) is 18.5. The van der Waals surface area contributed by atoms with E-state index in [1.165, 1.54) is 13.1 Å². The number of rotatable bonds is 16. The summed E-state index contributed by atoms with van der Waals surface area (Å²) < 4.78 is 13.5. The minimum atomic E-state index is -1.14. The van der Waals surface area contributed by atoms with Gasteiger partial charge in [0.2, 0.25) is 5.95 Å². The van der Waals surface area contributed by atoms with Gasteiger partial charge in [-0.05, 0) is 68.5 Å². The number of benzene rings is 2. The highest BCUT2D eigenvalue weighted by Crippen LogP contribution is 2.38. The Morgan fingerprint density at radius 1 is 0.895 bits per heavy atom. The van der Waals surface area contributed by atoms with Crippen molar-refractivity contribution in [2.24, 2.45) is 17.8 Å². The molecule has 0 saturated heterocycles. The fourth-order valence-corrected chi connectivity index (χ4v) is 6.38. The Morgan fingerprint density at radius 3 is 2.42 bits per heavy atom. The molecule has 2 atom stereocenters. The molecule has 0 fully saturated rings. The lowest BCUT2D eigenvalue weighted by molar-refractivity contribution is -0.124. The molecule has 1 aliphatic rings. The van der Waals surface area contributed by atoms with E-state index >= 15 is 0 Å². The number of carbonyl (C=O) groups excluding carboxylic acids is 6. The van der Waals surface area contributed by atoms with Crippen LogP contribution in [0.5, 0.6) is 0 Å². The number of urea groups is 1. The minimum Gasteiger partial charge on any atom is -0.392 e. The Bertz CT molecular complexity index is 2260. The fourth-order valence-electron chi connectivity index (χ4n) is 6.38. The molecule has 14 heteroatoms. The SMILES string of the molecule is CC(=O)C(CCC(=O)C(C)C)C1C(=O)c2cccc(NCCCCNC(=O)c3cccc(C#Cc4cc(NC(=O)Nc5cc(F)ncc5CO)ccn4)c3)c2C1=O. The number of nitrogens with one attached hydrogen (secondary N) is 4. The molecular weight excluding hydrogens is 732 g/mol. The van der Waals surface area contributed by atoms with Crippen LogP contribution in [0, 0.1) is 35.5 Å².